The van der Waals surface area contributed by atoms with Gasteiger partial charge in [-0.15, -0.1) is 0 Å². The van der Waals surface area contributed by atoms with Gasteiger partial charge in [-0.05, 0) is 70.2 Å². The quantitative estimate of drug-likeness (QED) is 0.280. The zero-order valence-corrected chi connectivity index (χ0v) is 24.4. The lowest BCUT2D eigenvalue weighted by molar-refractivity contribution is 0.0218. The van der Waals surface area contributed by atoms with Crippen molar-refractivity contribution in [2.45, 2.75) is 64.1 Å². The van der Waals surface area contributed by atoms with Gasteiger partial charge in [0.05, 0.1) is 35.9 Å². The Balaban J connectivity index is 1.16. The number of H-pyrrole nitrogens is 2. The van der Waals surface area contributed by atoms with Crippen LogP contribution in [0.25, 0.3) is 28.2 Å². The highest BCUT2D eigenvalue weighted by Crippen LogP contribution is 2.33. The molecular formula is C31H35N7O5. The van der Waals surface area contributed by atoms with Crippen molar-refractivity contribution in [2.75, 3.05) is 13.1 Å². The monoisotopic (exact) mass is 585 g/mol. The maximum atomic E-state index is 13.1. The van der Waals surface area contributed by atoms with Crippen molar-refractivity contribution in [3.63, 3.8) is 0 Å². The van der Waals surface area contributed by atoms with E-state index in [1.807, 2.05) is 51.1 Å². The number of nitrogens with one attached hydrogen (secondary N) is 2. The third-order valence-electron chi connectivity index (χ3n) is 7.89. The average Bonchev–Trinajstić information content (AvgIpc) is 3.78. The third kappa shape index (κ3) is 5.77. The lowest BCUT2D eigenvalue weighted by Crippen LogP contribution is -2.36. The third-order valence-corrected chi connectivity index (χ3v) is 7.89. The van der Waals surface area contributed by atoms with Crippen molar-refractivity contribution >= 4 is 12.2 Å². The van der Waals surface area contributed by atoms with E-state index in [1.54, 1.807) is 28.1 Å². The van der Waals surface area contributed by atoms with Gasteiger partial charge in [-0.2, -0.15) is 0 Å². The van der Waals surface area contributed by atoms with Gasteiger partial charge in [0.1, 0.15) is 17.2 Å². The van der Waals surface area contributed by atoms with Crippen LogP contribution in [0, 0.1) is 0 Å². The van der Waals surface area contributed by atoms with Crippen LogP contribution in [0.1, 0.15) is 70.2 Å². The zero-order valence-electron chi connectivity index (χ0n) is 24.4. The predicted octanol–water partition coefficient (Wildman–Crippen LogP) is 5.50. The highest BCUT2D eigenvalue weighted by molar-refractivity contribution is 5.69. The standard InChI is InChI=1S/C31H35N7O5/c1-31(2,3)43-30(42)38-14-5-7-25(38)28-32-17-22(34-28)19-8-10-21(11-9-19)36-15-12-20(16-26(36)39)23-18-33-27(35-23)24-6-4-13-37(24)29(40)41/h8-12,15-18,24-25H,4-7,13-14H2,1-3H3,(H,32,34)(H,33,35)(H,40,41). The van der Waals surface area contributed by atoms with Crippen LogP contribution >= 0.6 is 0 Å². The molecule has 0 spiro atoms. The van der Waals surface area contributed by atoms with E-state index in [-0.39, 0.29) is 23.7 Å². The van der Waals surface area contributed by atoms with E-state index in [2.05, 4.69) is 19.9 Å². The fourth-order valence-corrected chi connectivity index (χ4v) is 5.84. The highest BCUT2D eigenvalue weighted by Gasteiger charge is 2.35. The molecule has 2 saturated heterocycles. The first-order chi connectivity index (χ1) is 20.6. The van der Waals surface area contributed by atoms with Gasteiger partial charge >= 0.3 is 12.2 Å². The van der Waals surface area contributed by atoms with Gasteiger partial charge in [-0.1, -0.05) is 12.1 Å². The highest BCUT2D eigenvalue weighted by atomic mass is 16.6. The Kier molecular flexibility index (Phi) is 7.28. The summed E-state index contributed by atoms with van der Waals surface area (Å²) in [6.45, 7) is 6.69. The summed E-state index contributed by atoms with van der Waals surface area (Å²) in [7, 11) is 0. The molecule has 12 heteroatoms. The number of amides is 2. The van der Waals surface area contributed by atoms with Crippen LogP contribution in [0.5, 0.6) is 0 Å². The van der Waals surface area contributed by atoms with Gasteiger partial charge in [-0.3, -0.25) is 19.2 Å². The molecule has 3 N–H and O–H groups in total. The van der Waals surface area contributed by atoms with Crippen LogP contribution in [-0.4, -0.2) is 70.3 Å². The minimum Gasteiger partial charge on any atom is -0.465 e. The second-order valence-electron chi connectivity index (χ2n) is 12.0. The summed E-state index contributed by atoms with van der Waals surface area (Å²) in [5.41, 5.74) is 3.00. The summed E-state index contributed by atoms with van der Waals surface area (Å²) < 4.78 is 7.15. The van der Waals surface area contributed by atoms with Crippen LogP contribution in [-0.2, 0) is 4.74 Å². The van der Waals surface area contributed by atoms with Gasteiger partial charge < -0.3 is 19.8 Å². The number of nitrogens with zero attached hydrogens (tertiary/aromatic N) is 5. The van der Waals surface area contributed by atoms with E-state index >= 15 is 0 Å². The molecule has 4 aromatic rings. The van der Waals surface area contributed by atoms with E-state index in [0.29, 0.717) is 42.3 Å². The number of rotatable bonds is 5. The fraction of sp³-hybridized carbons (Fsp3) is 0.387. The molecule has 5 heterocycles. The molecule has 2 unspecified atom stereocenters. The Labute approximate surface area is 248 Å². The van der Waals surface area contributed by atoms with Crippen molar-refractivity contribution in [1.29, 1.82) is 0 Å². The number of imidazole rings is 2. The van der Waals surface area contributed by atoms with E-state index in [1.165, 1.54) is 11.0 Å². The molecular weight excluding hydrogens is 550 g/mol. The number of carbonyl (C=O) groups excluding carboxylic acids is 1. The number of ether oxygens (including phenoxy) is 1. The number of hydrogen-bond acceptors (Lipinski definition) is 6. The van der Waals surface area contributed by atoms with E-state index in [9.17, 15) is 19.5 Å². The van der Waals surface area contributed by atoms with Gasteiger partial charge in [-0.25, -0.2) is 19.6 Å². The molecule has 224 valence electrons. The number of carboxylic acid groups (broad SMARTS) is 1. The number of benzene rings is 1. The number of likely N-dealkylation sites (tertiary alicyclic amines) is 2. The maximum absolute atomic E-state index is 13.1. The van der Waals surface area contributed by atoms with Crippen LogP contribution in [0.3, 0.4) is 0 Å². The summed E-state index contributed by atoms with van der Waals surface area (Å²) in [5.74, 6) is 1.31. The molecule has 2 aliphatic rings. The number of pyridine rings is 1. The smallest absolute Gasteiger partial charge is 0.410 e. The number of hydrogen-bond donors (Lipinski definition) is 3. The van der Waals surface area contributed by atoms with E-state index in [0.717, 1.165) is 36.3 Å². The topological polar surface area (TPSA) is 149 Å². The molecule has 2 aliphatic heterocycles. The zero-order chi connectivity index (χ0) is 30.3. The molecule has 0 radical (unpaired) electrons. The molecule has 2 amide bonds. The van der Waals surface area contributed by atoms with Crippen LogP contribution < -0.4 is 5.56 Å². The molecule has 0 bridgehead atoms. The normalized spacial score (nSPS) is 18.8. The Bertz CT molecular complexity index is 1700. The minimum atomic E-state index is -0.958. The van der Waals surface area contributed by atoms with Crippen molar-refractivity contribution in [2.24, 2.45) is 0 Å². The molecule has 2 fully saturated rings. The van der Waals surface area contributed by atoms with Crippen LogP contribution in [0.2, 0.25) is 0 Å². The summed E-state index contributed by atoms with van der Waals surface area (Å²) >= 11 is 0. The van der Waals surface area contributed by atoms with Crippen molar-refractivity contribution in [1.82, 2.24) is 34.3 Å². The summed E-state index contributed by atoms with van der Waals surface area (Å²) in [4.78, 5) is 56.0. The Morgan fingerprint density at radius 3 is 2.05 bits per heavy atom. The first-order valence-electron chi connectivity index (χ1n) is 14.5. The Morgan fingerprint density at radius 2 is 1.47 bits per heavy atom. The molecule has 1 aromatic carbocycles. The van der Waals surface area contributed by atoms with Gasteiger partial charge in [0.15, 0.2) is 0 Å². The summed E-state index contributed by atoms with van der Waals surface area (Å²) in [5, 5.41) is 9.45. The van der Waals surface area contributed by atoms with E-state index in [4.69, 9.17) is 4.74 Å². The minimum absolute atomic E-state index is 0.166. The lowest BCUT2D eigenvalue weighted by atomic mass is 10.1. The maximum Gasteiger partial charge on any atom is 0.410 e. The van der Waals surface area contributed by atoms with Crippen molar-refractivity contribution in [3.05, 3.63) is 77.0 Å². The van der Waals surface area contributed by atoms with Gasteiger partial charge in [0, 0.05) is 36.6 Å². The predicted molar refractivity (Wildman–Crippen MR) is 159 cm³/mol. The SMILES string of the molecule is CC(C)(C)OC(=O)N1CCCC1c1ncc(-c2ccc(-n3ccc(-c4cnc(C5CCCN5C(=O)O)[nH]4)cc3=O)cc2)[nH]1. The molecule has 12 nitrogen and oxygen atoms in total. The Hall–Kier alpha value is -4.87. The first-order valence-corrected chi connectivity index (χ1v) is 14.5. The second-order valence-corrected chi connectivity index (χ2v) is 12.0. The second kappa shape index (κ2) is 11.1. The summed E-state index contributed by atoms with van der Waals surface area (Å²) in [6, 6.07) is 10.5. The molecule has 0 aliphatic carbocycles. The van der Waals surface area contributed by atoms with Gasteiger partial charge in [0.2, 0.25) is 0 Å². The lowest BCUT2D eigenvalue weighted by Gasteiger charge is -2.27. The molecule has 2 atom stereocenters. The summed E-state index contributed by atoms with van der Waals surface area (Å²) in [6.07, 6.45) is 7.01. The molecule has 3 aromatic heterocycles. The number of aromatic amines is 2. The van der Waals surface area contributed by atoms with E-state index < -0.39 is 11.7 Å². The van der Waals surface area contributed by atoms with Crippen LogP contribution in [0.4, 0.5) is 9.59 Å². The number of carbonyl (C=O) groups is 2. The first kappa shape index (κ1) is 28.3. The Morgan fingerprint density at radius 1 is 0.884 bits per heavy atom. The average molecular weight is 586 g/mol. The molecule has 43 heavy (non-hydrogen) atoms. The van der Waals surface area contributed by atoms with Crippen molar-refractivity contribution in [3.8, 4) is 28.2 Å². The van der Waals surface area contributed by atoms with Gasteiger partial charge in [0.25, 0.3) is 5.56 Å². The molecule has 0 saturated carbocycles. The fourth-order valence-electron chi connectivity index (χ4n) is 5.84. The van der Waals surface area contributed by atoms with Crippen molar-refractivity contribution < 1.29 is 19.4 Å². The number of aromatic nitrogens is 5. The van der Waals surface area contributed by atoms with Crippen LogP contribution in [0.15, 0.2) is 59.8 Å². The largest absolute Gasteiger partial charge is 0.465 e. The molecule has 6 rings (SSSR count).